The van der Waals surface area contributed by atoms with Crippen LogP contribution in [-0.4, -0.2) is 21.2 Å². The minimum atomic E-state index is -0.764. The summed E-state index contributed by atoms with van der Waals surface area (Å²) in [6.07, 6.45) is 0. The molecule has 0 radical (unpaired) electrons. The molecular weight excluding hydrogens is 414 g/mol. The van der Waals surface area contributed by atoms with Crippen LogP contribution in [0.3, 0.4) is 0 Å². The Balaban J connectivity index is 2.13. The molecule has 0 saturated heterocycles. The monoisotopic (exact) mass is 433 g/mol. The lowest BCUT2D eigenvalue weighted by Crippen LogP contribution is -2.48. The highest BCUT2D eigenvalue weighted by Gasteiger charge is 2.15. The topological polar surface area (TPSA) is 86.1 Å². The highest BCUT2D eigenvalue weighted by Crippen LogP contribution is 2.40. The number of methoxy groups -OCH3 is 1. The van der Waals surface area contributed by atoms with Gasteiger partial charge >= 0.3 is 17.1 Å². The summed E-state index contributed by atoms with van der Waals surface area (Å²) < 4.78 is 7.36. The molecular formula is C20H20ClN3O4S. The van der Waals surface area contributed by atoms with Crippen molar-refractivity contribution in [2.75, 3.05) is 7.11 Å². The first-order valence-electron chi connectivity index (χ1n) is 8.86. The summed E-state index contributed by atoms with van der Waals surface area (Å²) in [7, 11) is 1.59. The van der Waals surface area contributed by atoms with E-state index in [-0.39, 0.29) is 6.54 Å². The van der Waals surface area contributed by atoms with Gasteiger partial charge in [0.05, 0.1) is 17.7 Å². The first-order chi connectivity index (χ1) is 13.8. The largest absolute Gasteiger partial charge is 0.496 e. The van der Waals surface area contributed by atoms with Gasteiger partial charge in [0, 0.05) is 16.5 Å². The molecule has 9 heteroatoms. The molecule has 0 atom stereocenters. The third-order valence-corrected chi connectivity index (χ3v) is 6.06. The zero-order chi connectivity index (χ0) is 21.3. The summed E-state index contributed by atoms with van der Waals surface area (Å²) in [6.45, 7) is 5.62. The molecule has 2 aromatic carbocycles. The number of halogens is 1. The summed E-state index contributed by atoms with van der Waals surface area (Å²) in [4.78, 5) is 40.8. The van der Waals surface area contributed by atoms with Crippen molar-refractivity contribution in [3.8, 4) is 11.4 Å². The van der Waals surface area contributed by atoms with Crippen LogP contribution in [0, 0.1) is 13.8 Å². The molecule has 1 heterocycles. The minimum Gasteiger partial charge on any atom is -0.496 e. The van der Waals surface area contributed by atoms with Crippen LogP contribution in [0.1, 0.15) is 18.1 Å². The Morgan fingerprint density at radius 3 is 2.31 bits per heavy atom. The van der Waals surface area contributed by atoms with Gasteiger partial charge in [-0.2, -0.15) is 0 Å². The third kappa shape index (κ3) is 4.04. The predicted octanol–water partition coefficient (Wildman–Crippen LogP) is 3.14. The van der Waals surface area contributed by atoms with Gasteiger partial charge in [-0.1, -0.05) is 23.4 Å². The van der Waals surface area contributed by atoms with E-state index in [1.807, 2.05) is 19.9 Å². The predicted molar refractivity (Wildman–Crippen MR) is 114 cm³/mol. The van der Waals surface area contributed by atoms with Gasteiger partial charge in [-0.25, -0.2) is 23.5 Å². The van der Waals surface area contributed by atoms with Crippen LogP contribution < -0.4 is 21.8 Å². The SMILES string of the molecule is CCn1c(=O)[nH]c(=O)n(-c2cc(C)c(Sc3cc(Cl)ccc3OC)c(C)c2)c1=O. The Morgan fingerprint density at radius 2 is 1.72 bits per heavy atom. The Morgan fingerprint density at radius 1 is 1.07 bits per heavy atom. The molecule has 3 rings (SSSR count). The van der Waals surface area contributed by atoms with E-state index in [1.54, 1.807) is 38.3 Å². The first-order valence-corrected chi connectivity index (χ1v) is 10.1. The number of benzene rings is 2. The zero-order valence-corrected chi connectivity index (χ0v) is 18.0. The summed E-state index contributed by atoms with van der Waals surface area (Å²) in [5, 5.41) is 0.597. The molecule has 0 fully saturated rings. The Hall–Kier alpha value is -2.71. The van der Waals surface area contributed by atoms with Crippen LogP contribution >= 0.6 is 23.4 Å². The second kappa shape index (κ2) is 8.34. The number of hydrogen-bond acceptors (Lipinski definition) is 5. The second-order valence-corrected chi connectivity index (χ2v) is 7.89. The van der Waals surface area contributed by atoms with Crippen molar-refractivity contribution in [2.24, 2.45) is 0 Å². The lowest BCUT2D eigenvalue weighted by atomic mass is 10.1. The molecule has 7 nitrogen and oxygen atoms in total. The first kappa shape index (κ1) is 21.0. The molecule has 0 aliphatic heterocycles. The van der Waals surface area contributed by atoms with E-state index in [1.165, 1.54) is 11.8 Å². The maximum Gasteiger partial charge on any atom is 0.340 e. The van der Waals surface area contributed by atoms with Crippen LogP contribution in [0.5, 0.6) is 5.75 Å². The molecule has 0 aliphatic rings. The van der Waals surface area contributed by atoms with Crippen molar-refractivity contribution in [1.82, 2.24) is 14.1 Å². The van der Waals surface area contributed by atoms with Crippen LogP contribution in [0.15, 0.2) is 54.5 Å². The fourth-order valence-electron chi connectivity index (χ4n) is 3.07. The number of rotatable bonds is 5. The number of nitrogens with zero attached hydrogens (tertiary/aromatic N) is 2. The lowest BCUT2D eigenvalue weighted by molar-refractivity contribution is 0.405. The van der Waals surface area contributed by atoms with E-state index < -0.39 is 17.1 Å². The van der Waals surface area contributed by atoms with E-state index in [9.17, 15) is 14.4 Å². The van der Waals surface area contributed by atoms with Gasteiger partial charge in [0.2, 0.25) is 0 Å². The molecule has 0 spiro atoms. The number of aromatic amines is 1. The van der Waals surface area contributed by atoms with Crippen molar-refractivity contribution in [3.63, 3.8) is 0 Å². The zero-order valence-electron chi connectivity index (χ0n) is 16.4. The molecule has 3 aromatic rings. The maximum absolute atomic E-state index is 12.6. The molecule has 0 saturated carbocycles. The second-order valence-electron chi connectivity index (χ2n) is 6.40. The van der Waals surface area contributed by atoms with E-state index in [4.69, 9.17) is 16.3 Å². The number of aryl methyl sites for hydroxylation is 2. The Kier molecular flexibility index (Phi) is 6.04. The smallest absolute Gasteiger partial charge is 0.340 e. The van der Waals surface area contributed by atoms with Crippen molar-refractivity contribution in [3.05, 3.63) is 77.9 Å². The van der Waals surface area contributed by atoms with Gasteiger partial charge in [-0.05, 0) is 62.2 Å². The average Bonchev–Trinajstić information content (AvgIpc) is 2.65. The van der Waals surface area contributed by atoms with Crippen LogP contribution in [-0.2, 0) is 6.54 Å². The molecule has 0 unspecified atom stereocenters. The summed E-state index contributed by atoms with van der Waals surface area (Å²) in [5.41, 5.74) is -0.0131. The highest BCUT2D eigenvalue weighted by molar-refractivity contribution is 7.99. The quantitative estimate of drug-likeness (QED) is 0.668. The van der Waals surface area contributed by atoms with Gasteiger partial charge in [0.25, 0.3) is 0 Å². The van der Waals surface area contributed by atoms with Crippen molar-refractivity contribution >= 4 is 23.4 Å². The molecule has 1 aromatic heterocycles. The van der Waals surface area contributed by atoms with E-state index in [0.717, 1.165) is 30.1 Å². The van der Waals surface area contributed by atoms with Gasteiger partial charge in [-0.15, -0.1) is 0 Å². The molecule has 0 bridgehead atoms. The summed E-state index contributed by atoms with van der Waals surface area (Å²) in [6, 6.07) is 8.87. The summed E-state index contributed by atoms with van der Waals surface area (Å²) >= 11 is 7.62. The fourth-order valence-corrected chi connectivity index (χ4v) is 4.41. The van der Waals surface area contributed by atoms with Gasteiger partial charge < -0.3 is 4.74 Å². The number of ether oxygens (including phenoxy) is 1. The van der Waals surface area contributed by atoms with Crippen LogP contribution in [0.25, 0.3) is 5.69 Å². The molecule has 152 valence electrons. The average molecular weight is 434 g/mol. The van der Waals surface area contributed by atoms with Crippen molar-refractivity contribution in [1.29, 1.82) is 0 Å². The van der Waals surface area contributed by atoms with Gasteiger partial charge in [-0.3, -0.25) is 4.98 Å². The Bertz CT molecular complexity index is 1240. The molecule has 29 heavy (non-hydrogen) atoms. The number of hydrogen-bond donors (Lipinski definition) is 1. The van der Waals surface area contributed by atoms with E-state index >= 15 is 0 Å². The standard InChI is InChI=1S/C20H20ClN3O4S/c1-5-23-18(25)22-19(26)24(20(23)27)14-8-11(2)17(12(3)9-14)29-16-10-13(21)6-7-15(16)28-4/h6-10H,5H2,1-4H3,(H,22,25,26). The fraction of sp³-hybridized carbons (Fsp3) is 0.250. The number of H-pyrrole nitrogens is 1. The van der Waals surface area contributed by atoms with Crippen molar-refractivity contribution < 1.29 is 4.74 Å². The highest BCUT2D eigenvalue weighted by atomic mass is 35.5. The molecule has 0 amide bonds. The van der Waals surface area contributed by atoms with Crippen molar-refractivity contribution in [2.45, 2.75) is 37.1 Å². The van der Waals surface area contributed by atoms with Gasteiger partial charge in [0.1, 0.15) is 5.75 Å². The normalized spacial score (nSPS) is 10.9. The lowest BCUT2D eigenvalue weighted by Gasteiger charge is -2.15. The van der Waals surface area contributed by atoms with Crippen LogP contribution in [0.4, 0.5) is 0 Å². The van der Waals surface area contributed by atoms with E-state index in [2.05, 4.69) is 4.98 Å². The van der Waals surface area contributed by atoms with Gasteiger partial charge in [0.15, 0.2) is 0 Å². The molecule has 0 aliphatic carbocycles. The number of aromatic nitrogens is 3. The summed E-state index contributed by atoms with van der Waals surface area (Å²) in [5.74, 6) is 0.699. The molecule has 1 N–H and O–H groups in total. The number of nitrogens with one attached hydrogen (secondary N) is 1. The maximum atomic E-state index is 12.6. The minimum absolute atomic E-state index is 0.162. The third-order valence-electron chi connectivity index (χ3n) is 4.44. The Labute approximate surface area is 175 Å². The van der Waals surface area contributed by atoms with E-state index in [0.29, 0.717) is 16.5 Å². The van der Waals surface area contributed by atoms with Crippen LogP contribution in [0.2, 0.25) is 5.02 Å².